The second-order valence-corrected chi connectivity index (χ2v) is 4.59. The van der Waals surface area contributed by atoms with Crippen LogP contribution in [0.15, 0.2) is 24.3 Å². The highest BCUT2D eigenvalue weighted by molar-refractivity contribution is 5.95. The molecular formula is C13H16N2O3. The molecule has 0 spiro atoms. The lowest BCUT2D eigenvalue weighted by Gasteiger charge is -2.18. The largest absolute Gasteiger partial charge is 0.485 e. The van der Waals surface area contributed by atoms with E-state index in [9.17, 15) is 0 Å². The first kappa shape index (κ1) is 11.5. The predicted octanol–water partition coefficient (Wildman–Crippen LogP) is 0.906. The summed E-state index contributed by atoms with van der Waals surface area (Å²) < 4.78 is 17.1. The summed E-state index contributed by atoms with van der Waals surface area (Å²) in [4.78, 5) is 0. The van der Waals surface area contributed by atoms with Gasteiger partial charge in [0, 0.05) is 12.2 Å². The molecule has 3 rings (SSSR count). The number of amidine groups is 1. The van der Waals surface area contributed by atoms with Gasteiger partial charge in [0.25, 0.3) is 0 Å². The first-order valence-corrected chi connectivity index (χ1v) is 6.08. The molecule has 1 aromatic rings. The molecule has 1 unspecified atom stereocenters. The normalized spacial score (nSPS) is 30.1. The fourth-order valence-electron chi connectivity index (χ4n) is 2.44. The average Bonchev–Trinajstić information content (AvgIpc) is 2.94. The lowest BCUT2D eigenvalue weighted by Crippen LogP contribution is -2.32. The van der Waals surface area contributed by atoms with E-state index in [1.165, 1.54) is 0 Å². The van der Waals surface area contributed by atoms with Crippen LogP contribution in [0.1, 0.15) is 12.0 Å². The van der Waals surface area contributed by atoms with Crippen LogP contribution in [0.4, 0.5) is 0 Å². The van der Waals surface area contributed by atoms with Crippen LogP contribution in [0.3, 0.4) is 0 Å². The number of ether oxygens (including phenoxy) is 3. The molecule has 96 valence electrons. The van der Waals surface area contributed by atoms with E-state index in [0.29, 0.717) is 17.9 Å². The Hall–Kier alpha value is -1.59. The third kappa shape index (κ3) is 2.07. The van der Waals surface area contributed by atoms with Gasteiger partial charge < -0.3 is 19.9 Å². The van der Waals surface area contributed by atoms with Gasteiger partial charge in [-0.15, -0.1) is 0 Å². The maximum Gasteiger partial charge on any atom is 0.150 e. The van der Waals surface area contributed by atoms with Crippen LogP contribution in [0.5, 0.6) is 5.75 Å². The van der Waals surface area contributed by atoms with Crippen molar-refractivity contribution in [2.75, 3.05) is 13.2 Å². The average molecular weight is 248 g/mol. The Morgan fingerprint density at radius 2 is 2.28 bits per heavy atom. The summed E-state index contributed by atoms with van der Waals surface area (Å²) >= 11 is 0. The highest BCUT2D eigenvalue weighted by Crippen LogP contribution is 2.29. The molecule has 0 aliphatic carbocycles. The topological polar surface area (TPSA) is 77.6 Å². The number of rotatable bonds is 3. The van der Waals surface area contributed by atoms with Gasteiger partial charge in [0.15, 0.2) is 6.10 Å². The lowest BCUT2D eigenvalue weighted by molar-refractivity contribution is 0.0308. The van der Waals surface area contributed by atoms with Crippen molar-refractivity contribution in [2.24, 2.45) is 5.73 Å². The van der Waals surface area contributed by atoms with Gasteiger partial charge in [0.2, 0.25) is 0 Å². The molecule has 0 saturated carbocycles. The van der Waals surface area contributed by atoms with Crippen molar-refractivity contribution < 1.29 is 14.2 Å². The molecule has 2 aliphatic rings. The SMILES string of the molecule is N=C(N)c1cccc(OC2CO[C@@H]3CCO[C@H]23)c1. The Morgan fingerprint density at radius 1 is 1.39 bits per heavy atom. The van der Waals surface area contributed by atoms with Gasteiger partial charge >= 0.3 is 0 Å². The number of nitrogens with one attached hydrogen (secondary N) is 1. The number of nitrogens with two attached hydrogens (primary N) is 1. The van der Waals surface area contributed by atoms with E-state index in [-0.39, 0.29) is 24.1 Å². The summed E-state index contributed by atoms with van der Waals surface area (Å²) in [6.45, 7) is 1.29. The quantitative estimate of drug-likeness (QED) is 0.615. The first-order chi connectivity index (χ1) is 8.74. The molecule has 0 bridgehead atoms. The van der Waals surface area contributed by atoms with Crippen LogP contribution in [0, 0.1) is 5.41 Å². The number of hydrogen-bond donors (Lipinski definition) is 2. The Labute approximate surface area is 105 Å². The van der Waals surface area contributed by atoms with Crippen molar-refractivity contribution >= 4 is 5.84 Å². The summed E-state index contributed by atoms with van der Waals surface area (Å²) in [5.74, 6) is 0.741. The summed E-state index contributed by atoms with van der Waals surface area (Å²) in [5.41, 5.74) is 6.12. The van der Waals surface area contributed by atoms with Gasteiger partial charge in [-0.3, -0.25) is 5.41 Å². The number of benzene rings is 1. The fraction of sp³-hybridized carbons (Fsp3) is 0.462. The van der Waals surface area contributed by atoms with Gasteiger partial charge in [-0.2, -0.15) is 0 Å². The molecule has 0 radical (unpaired) electrons. The van der Waals surface area contributed by atoms with Crippen LogP contribution in [-0.2, 0) is 9.47 Å². The van der Waals surface area contributed by atoms with E-state index in [1.54, 1.807) is 12.1 Å². The molecule has 2 heterocycles. The maximum atomic E-state index is 7.41. The third-order valence-electron chi connectivity index (χ3n) is 3.35. The van der Waals surface area contributed by atoms with E-state index in [0.717, 1.165) is 13.0 Å². The summed E-state index contributed by atoms with van der Waals surface area (Å²) in [5, 5.41) is 7.41. The van der Waals surface area contributed by atoms with Crippen LogP contribution in [0.25, 0.3) is 0 Å². The van der Waals surface area contributed by atoms with Gasteiger partial charge in [0.1, 0.15) is 17.7 Å². The predicted molar refractivity (Wildman–Crippen MR) is 66.0 cm³/mol. The second kappa shape index (κ2) is 4.59. The molecule has 2 fully saturated rings. The van der Waals surface area contributed by atoms with Gasteiger partial charge in [-0.1, -0.05) is 12.1 Å². The molecule has 18 heavy (non-hydrogen) atoms. The maximum absolute atomic E-state index is 7.41. The van der Waals surface area contributed by atoms with Gasteiger partial charge in [-0.05, 0) is 18.6 Å². The fourth-order valence-corrected chi connectivity index (χ4v) is 2.44. The van der Waals surface area contributed by atoms with Crippen molar-refractivity contribution in [3.63, 3.8) is 0 Å². The lowest BCUT2D eigenvalue weighted by atomic mass is 10.1. The highest BCUT2D eigenvalue weighted by Gasteiger charge is 2.43. The van der Waals surface area contributed by atoms with Crippen LogP contribution < -0.4 is 10.5 Å². The minimum Gasteiger partial charge on any atom is -0.485 e. The summed E-state index contributed by atoms with van der Waals surface area (Å²) in [6, 6.07) is 7.24. The van der Waals surface area contributed by atoms with E-state index < -0.39 is 0 Å². The highest BCUT2D eigenvalue weighted by atomic mass is 16.6. The van der Waals surface area contributed by atoms with E-state index in [4.69, 9.17) is 25.4 Å². The van der Waals surface area contributed by atoms with Crippen molar-refractivity contribution in [3.05, 3.63) is 29.8 Å². The molecule has 2 saturated heterocycles. The molecule has 0 aromatic heterocycles. The molecule has 3 N–H and O–H groups in total. The Bertz CT molecular complexity index is 463. The minimum atomic E-state index is -0.0697. The summed E-state index contributed by atoms with van der Waals surface area (Å²) in [7, 11) is 0. The molecule has 0 amide bonds. The van der Waals surface area contributed by atoms with Crippen LogP contribution in [-0.4, -0.2) is 37.4 Å². The van der Waals surface area contributed by atoms with Crippen molar-refractivity contribution in [2.45, 2.75) is 24.7 Å². The Kier molecular flexibility index (Phi) is 2.93. The Morgan fingerprint density at radius 3 is 3.11 bits per heavy atom. The van der Waals surface area contributed by atoms with Crippen molar-refractivity contribution in [3.8, 4) is 5.75 Å². The van der Waals surface area contributed by atoms with Crippen LogP contribution in [0.2, 0.25) is 0 Å². The minimum absolute atomic E-state index is 0.0333. The Balaban J connectivity index is 1.72. The number of nitrogen functional groups attached to an aromatic ring is 1. The standard InChI is InChI=1S/C13H16N2O3/c14-13(15)8-2-1-3-9(6-8)18-11-7-17-10-4-5-16-12(10)11/h1-3,6,10-12H,4-5,7H2,(H3,14,15)/t10-,11?,12+/m1/s1. The van der Waals surface area contributed by atoms with E-state index in [2.05, 4.69) is 0 Å². The zero-order valence-electron chi connectivity index (χ0n) is 9.96. The van der Waals surface area contributed by atoms with E-state index >= 15 is 0 Å². The van der Waals surface area contributed by atoms with Gasteiger partial charge in [0.05, 0.1) is 12.7 Å². The van der Waals surface area contributed by atoms with Crippen LogP contribution >= 0.6 is 0 Å². The second-order valence-electron chi connectivity index (χ2n) is 4.59. The molecule has 3 atom stereocenters. The van der Waals surface area contributed by atoms with Crippen molar-refractivity contribution in [1.29, 1.82) is 5.41 Å². The smallest absolute Gasteiger partial charge is 0.150 e. The summed E-state index contributed by atoms with van der Waals surface area (Å²) in [6.07, 6.45) is 1.08. The third-order valence-corrected chi connectivity index (χ3v) is 3.35. The first-order valence-electron chi connectivity index (χ1n) is 6.08. The molecule has 1 aromatic carbocycles. The number of hydrogen-bond acceptors (Lipinski definition) is 4. The van der Waals surface area contributed by atoms with Gasteiger partial charge in [-0.25, -0.2) is 0 Å². The van der Waals surface area contributed by atoms with Crippen molar-refractivity contribution in [1.82, 2.24) is 0 Å². The monoisotopic (exact) mass is 248 g/mol. The number of fused-ring (bicyclic) bond motifs is 1. The van der Waals surface area contributed by atoms with E-state index in [1.807, 2.05) is 12.1 Å². The molecule has 5 heteroatoms. The molecular weight excluding hydrogens is 232 g/mol. The zero-order chi connectivity index (χ0) is 12.5. The zero-order valence-corrected chi connectivity index (χ0v) is 9.96. The molecule has 2 aliphatic heterocycles. The molecule has 5 nitrogen and oxygen atoms in total.